The fraction of sp³-hybridized carbons (Fsp3) is 0.100. The highest BCUT2D eigenvalue weighted by Gasteiger charge is 2.28. The Morgan fingerprint density at radius 3 is 2.48 bits per heavy atom. The van der Waals surface area contributed by atoms with E-state index < -0.39 is 28.8 Å². The number of carbonyl (C=O) groups is 2. The lowest BCUT2D eigenvalue weighted by atomic mass is 10.1. The van der Waals surface area contributed by atoms with Gasteiger partial charge in [-0.1, -0.05) is 48.0 Å². The van der Waals surface area contributed by atoms with E-state index in [2.05, 4.69) is 5.32 Å². The fourth-order valence-electron chi connectivity index (χ4n) is 2.48. The second kappa shape index (κ2) is 8.57. The molecular weight excluding hydrogens is 400 g/mol. The second-order valence-corrected chi connectivity index (χ2v) is 6.45. The number of nitro groups is 1. The highest BCUT2D eigenvalue weighted by atomic mass is 35.5. The standard InChI is InChI=1S/C20H15ClN2O6/c1-12-7-8-14(11-15(12)21)22-19(24)18(13-5-3-2-4-6-13)29-20(25)16-9-10-17(28-16)23(26)27/h2-11,18H,1H3,(H,22,24)/t18-/m0/s1. The number of carbonyl (C=O) groups excluding carboxylic acids is 2. The minimum atomic E-state index is -1.31. The summed E-state index contributed by atoms with van der Waals surface area (Å²) in [5.74, 6) is -2.62. The number of anilines is 1. The Morgan fingerprint density at radius 2 is 1.86 bits per heavy atom. The van der Waals surface area contributed by atoms with Gasteiger partial charge in [-0.05, 0) is 30.7 Å². The van der Waals surface area contributed by atoms with Gasteiger partial charge in [0.1, 0.15) is 4.92 Å². The molecule has 2 aromatic carbocycles. The maximum atomic E-state index is 12.8. The summed E-state index contributed by atoms with van der Waals surface area (Å²) in [6.45, 7) is 1.82. The zero-order valence-corrected chi connectivity index (χ0v) is 15.9. The molecule has 0 aliphatic carbocycles. The van der Waals surface area contributed by atoms with Crippen LogP contribution in [0.2, 0.25) is 5.02 Å². The molecule has 0 radical (unpaired) electrons. The molecule has 148 valence electrons. The minimum absolute atomic E-state index is 0.385. The van der Waals surface area contributed by atoms with Crippen LogP contribution in [0.25, 0.3) is 0 Å². The summed E-state index contributed by atoms with van der Waals surface area (Å²) in [7, 11) is 0. The lowest BCUT2D eigenvalue weighted by Gasteiger charge is -2.17. The van der Waals surface area contributed by atoms with Gasteiger partial charge in [0.25, 0.3) is 5.91 Å². The number of furan rings is 1. The fourth-order valence-corrected chi connectivity index (χ4v) is 2.66. The van der Waals surface area contributed by atoms with Gasteiger partial charge in [-0.2, -0.15) is 0 Å². The first kappa shape index (κ1) is 20.1. The molecule has 3 aromatic rings. The van der Waals surface area contributed by atoms with E-state index in [9.17, 15) is 19.7 Å². The molecule has 0 fully saturated rings. The monoisotopic (exact) mass is 414 g/mol. The van der Waals surface area contributed by atoms with Crippen molar-refractivity contribution in [1.82, 2.24) is 0 Å². The Hall–Kier alpha value is -3.65. The molecule has 0 aliphatic heterocycles. The van der Waals surface area contributed by atoms with Crippen molar-refractivity contribution < 1.29 is 23.7 Å². The van der Waals surface area contributed by atoms with Crippen LogP contribution >= 0.6 is 11.6 Å². The van der Waals surface area contributed by atoms with Gasteiger partial charge in [0, 0.05) is 16.3 Å². The highest BCUT2D eigenvalue weighted by Crippen LogP contribution is 2.25. The number of rotatable bonds is 6. The van der Waals surface area contributed by atoms with Crippen molar-refractivity contribution in [3.05, 3.63) is 92.7 Å². The molecule has 0 saturated carbocycles. The van der Waals surface area contributed by atoms with Gasteiger partial charge in [0.15, 0.2) is 0 Å². The largest absolute Gasteiger partial charge is 0.441 e. The van der Waals surface area contributed by atoms with Crippen LogP contribution in [0.1, 0.15) is 27.8 Å². The molecule has 1 amide bonds. The molecule has 1 atom stereocenters. The summed E-state index contributed by atoms with van der Waals surface area (Å²) >= 11 is 6.08. The molecular formula is C20H15ClN2O6. The van der Waals surface area contributed by atoms with Crippen molar-refractivity contribution in [2.75, 3.05) is 5.32 Å². The molecule has 29 heavy (non-hydrogen) atoms. The highest BCUT2D eigenvalue weighted by molar-refractivity contribution is 6.31. The zero-order valence-electron chi connectivity index (χ0n) is 15.1. The van der Waals surface area contributed by atoms with Gasteiger partial charge >= 0.3 is 11.9 Å². The van der Waals surface area contributed by atoms with Crippen LogP contribution in [0.4, 0.5) is 11.6 Å². The summed E-state index contributed by atoms with van der Waals surface area (Å²) in [5.41, 5.74) is 1.68. The van der Waals surface area contributed by atoms with Crippen molar-refractivity contribution >= 4 is 35.0 Å². The van der Waals surface area contributed by atoms with E-state index in [4.69, 9.17) is 20.8 Å². The molecule has 1 heterocycles. The van der Waals surface area contributed by atoms with E-state index in [1.807, 2.05) is 6.92 Å². The number of amides is 1. The van der Waals surface area contributed by atoms with Crippen molar-refractivity contribution in [1.29, 1.82) is 0 Å². The van der Waals surface area contributed by atoms with E-state index in [-0.39, 0.29) is 5.76 Å². The van der Waals surface area contributed by atoms with E-state index in [1.54, 1.807) is 48.5 Å². The van der Waals surface area contributed by atoms with Crippen LogP contribution in [0.5, 0.6) is 0 Å². The number of benzene rings is 2. The van der Waals surface area contributed by atoms with Crippen molar-refractivity contribution in [3.8, 4) is 0 Å². The van der Waals surface area contributed by atoms with Gasteiger partial charge in [0.05, 0.1) is 6.07 Å². The number of esters is 1. The predicted octanol–water partition coefficient (Wildman–Crippen LogP) is 4.69. The van der Waals surface area contributed by atoms with Crippen molar-refractivity contribution in [2.24, 2.45) is 0 Å². The molecule has 3 rings (SSSR count). The van der Waals surface area contributed by atoms with Gasteiger partial charge in [-0.15, -0.1) is 0 Å². The van der Waals surface area contributed by atoms with E-state index >= 15 is 0 Å². The molecule has 0 unspecified atom stereocenters. The SMILES string of the molecule is Cc1ccc(NC(=O)[C@@H](OC(=O)c2ccc([N+](=O)[O-])o2)c2ccccc2)cc1Cl. The normalized spacial score (nSPS) is 11.5. The minimum Gasteiger partial charge on any atom is -0.441 e. The Labute approximate surface area is 170 Å². The van der Waals surface area contributed by atoms with E-state index in [0.717, 1.165) is 17.7 Å². The Kier molecular flexibility index (Phi) is 5.94. The van der Waals surface area contributed by atoms with Crippen LogP contribution in [-0.2, 0) is 9.53 Å². The van der Waals surface area contributed by atoms with Gasteiger partial charge in [-0.25, -0.2) is 4.79 Å². The molecule has 0 bridgehead atoms. The van der Waals surface area contributed by atoms with Crippen LogP contribution < -0.4 is 5.32 Å². The van der Waals surface area contributed by atoms with Crippen molar-refractivity contribution in [3.63, 3.8) is 0 Å². The first-order valence-corrected chi connectivity index (χ1v) is 8.80. The van der Waals surface area contributed by atoms with Gasteiger partial charge in [0.2, 0.25) is 11.9 Å². The predicted molar refractivity (Wildman–Crippen MR) is 105 cm³/mol. The smallest absolute Gasteiger partial charge is 0.433 e. The average Bonchev–Trinajstić information content (AvgIpc) is 3.20. The van der Waals surface area contributed by atoms with E-state index in [0.29, 0.717) is 16.3 Å². The lowest BCUT2D eigenvalue weighted by Crippen LogP contribution is -2.25. The lowest BCUT2D eigenvalue weighted by molar-refractivity contribution is -0.402. The second-order valence-electron chi connectivity index (χ2n) is 6.04. The van der Waals surface area contributed by atoms with E-state index in [1.165, 1.54) is 0 Å². The number of nitrogens with zero attached hydrogens (tertiary/aromatic N) is 1. The van der Waals surface area contributed by atoms with Gasteiger partial charge < -0.3 is 14.5 Å². The third-order valence-electron chi connectivity index (χ3n) is 3.98. The quantitative estimate of drug-likeness (QED) is 0.356. The molecule has 1 N–H and O–H groups in total. The maximum absolute atomic E-state index is 12.8. The number of hydrogen-bond donors (Lipinski definition) is 1. The third-order valence-corrected chi connectivity index (χ3v) is 4.38. The number of halogens is 1. The average molecular weight is 415 g/mol. The van der Waals surface area contributed by atoms with Crippen LogP contribution in [0.3, 0.4) is 0 Å². The summed E-state index contributed by atoms with van der Waals surface area (Å²) in [6, 6.07) is 15.5. The first-order chi connectivity index (χ1) is 13.8. The van der Waals surface area contributed by atoms with Crippen LogP contribution in [0.15, 0.2) is 65.1 Å². The number of hydrogen-bond acceptors (Lipinski definition) is 6. The van der Waals surface area contributed by atoms with Crippen molar-refractivity contribution in [2.45, 2.75) is 13.0 Å². The summed E-state index contributed by atoms with van der Waals surface area (Å²) in [6.07, 6.45) is -1.31. The maximum Gasteiger partial charge on any atom is 0.433 e. The van der Waals surface area contributed by atoms with Gasteiger partial charge in [-0.3, -0.25) is 14.9 Å². The Morgan fingerprint density at radius 1 is 1.14 bits per heavy atom. The van der Waals surface area contributed by atoms with Crippen LogP contribution in [-0.4, -0.2) is 16.8 Å². The Bertz CT molecular complexity index is 1060. The molecule has 0 spiro atoms. The third kappa shape index (κ3) is 4.80. The Balaban J connectivity index is 1.84. The summed E-state index contributed by atoms with van der Waals surface area (Å²) in [5, 5.41) is 13.8. The molecule has 9 heteroatoms. The zero-order chi connectivity index (χ0) is 21.0. The molecule has 0 saturated heterocycles. The molecule has 8 nitrogen and oxygen atoms in total. The topological polar surface area (TPSA) is 112 Å². The number of aryl methyl sites for hydroxylation is 1. The van der Waals surface area contributed by atoms with Crippen LogP contribution in [0, 0.1) is 17.0 Å². The molecule has 0 aliphatic rings. The first-order valence-electron chi connectivity index (χ1n) is 8.42. The number of nitrogens with one attached hydrogen (secondary N) is 1. The number of ether oxygens (including phenoxy) is 1. The summed E-state index contributed by atoms with van der Waals surface area (Å²) in [4.78, 5) is 35.1. The summed E-state index contributed by atoms with van der Waals surface area (Å²) < 4.78 is 10.2. The molecule has 1 aromatic heterocycles.